The third-order valence-electron chi connectivity index (χ3n) is 13.5. The van der Waals surface area contributed by atoms with Gasteiger partial charge in [0.05, 0.1) is 54.5 Å². The predicted molar refractivity (Wildman–Crippen MR) is 251 cm³/mol. The first kappa shape index (κ1) is 51.5. The highest BCUT2D eigenvalue weighted by atomic mass is 16.7. The van der Waals surface area contributed by atoms with Crippen molar-refractivity contribution in [2.24, 2.45) is 23.7 Å². The molecule has 9 atom stereocenters. The van der Waals surface area contributed by atoms with Gasteiger partial charge in [-0.1, -0.05) is 76.3 Å². The van der Waals surface area contributed by atoms with Crippen LogP contribution in [0.3, 0.4) is 0 Å². The number of aliphatic hydroxyl groups excluding tert-OH is 2. The van der Waals surface area contributed by atoms with Gasteiger partial charge < -0.3 is 59.0 Å². The number of hydrogen-bond acceptors (Lipinski definition) is 15. The zero-order valence-electron chi connectivity index (χ0n) is 40.6. The van der Waals surface area contributed by atoms with Crippen molar-refractivity contribution in [3.8, 4) is 11.5 Å². The second-order valence-electron chi connectivity index (χ2n) is 18.6. The summed E-state index contributed by atoms with van der Waals surface area (Å²) in [5.74, 6) is -8.86. The molecule has 2 amide bonds. The number of allylic oxidation sites excluding steroid dienone is 4. The van der Waals surface area contributed by atoms with Gasteiger partial charge in [-0.15, -0.1) is 0 Å². The molecule has 4 heterocycles. The van der Waals surface area contributed by atoms with E-state index in [1.807, 2.05) is 49.3 Å². The number of ketones is 3. The molecule has 0 spiro atoms. The van der Waals surface area contributed by atoms with E-state index in [0.717, 1.165) is 5.56 Å². The number of likely N-dealkylation sites (N-methyl/N-ethyl adjacent to an activating group) is 1. The van der Waals surface area contributed by atoms with E-state index in [2.05, 4.69) is 5.32 Å². The average Bonchev–Trinajstić information content (AvgIpc) is 3.59. The number of benzene rings is 2. The molecule has 0 saturated carbocycles. The van der Waals surface area contributed by atoms with Gasteiger partial charge in [0.2, 0.25) is 11.6 Å². The number of fused-ring (bicyclic) bond motifs is 14. The molecule has 1 aliphatic carbocycles. The number of carbonyl (C=O) groups excluding carboxylic acids is 5. The van der Waals surface area contributed by atoms with Crippen LogP contribution in [0.5, 0.6) is 11.5 Å². The molecule has 4 N–H and O–H groups in total. The molecule has 5 aliphatic rings. The normalized spacial score (nSPS) is 30.0. The number of Topliss-reactive ketones (excluding diaryl/α,β-unsaturated/α-hetero) is 3. The molecule has 1 saturated heterocycles. The smallest absolute Gasteiger partial charge is 0.410 e. The van der Waals surface area contributed by atoms with Crippen molar-refractivity contribution in [3.05, 3.63) is 106 Å². The minimum absolute atomic E-state index is 0.00481. The van der Waals surface area contributed by atoms with Crippen molar-refractivity contribution in [2.75, 3.05) is 60.6 Å². The van der Waals surface area contributed by atoms with Gasteiger partial charge >= 0.3 is 11.9 Å². The minimum Gasteiger partial charge on any atom is -0.507 e. The summed E-state index contributed by atoms with van der Waals surface area (Å²) in [5, 5.41) is 37.9. The van der Waals surface area contributed by atoms with Crippen LogP contribution < -0.4 is 10.1 Å². The average molecular weight is 943 g/mol. The number of morpholine rings is 1. The lowest BCUT2D eigenvalue weighted by atomic mass is 9.78. The summed E-state index contributed by atoms with van der Waals surface area (Å²) in [6.07, 6.45) is 2.58. The summed E-state index contributed by atoms with van der Waals surface area (Å²) in [6.45, 7) is 13.2. The summed E-state index contributed by atoms with van der Waals surface area (Å²) < 4.78 is 30.1. The Labute approximate surface area is 398 Å². The summed E-state index contributed by atoms with van der Waals surface area (Å²) in [7, 11) is 5.25. The second kappa shape index (κ2) is 21.6. The van der Waals surface area contributed by atoms with Gasteiger partial charge in [-0.05, 0) is 39.6 Å². The Bertz CT molecular complexity index is 2370. The van der Waals surface area contributed by atoms with Crippen LogP contribution in [0.2, 0.25) is 0 Å². The highest BCUT2D eigenvalue weighted by Gasteiger charge is 2.53. The van der Waals surface area contributed by atoms with Crippen LogP contribution in [0.1, 0.15) is 83.7 Å². The molecule has 368 valence electrons. The highest BCUT2D eigenvalue weighted by Crippen LogP contribution is 2.49. The lowest BCUT2D eigenvalue weighted by Gasteiger charge is -2.39. The summed E-state index contributed by atoms with van der Waals surface area (Å²) in [5.41, 5.74) is -0.627. The third-order valence-corrected chi connectivity index (χ3v) is 13.5. The molecule has 2 aromatic rings. The Kier molecular flexibility index (Phi) is 16.4. The molecular weight excluding hydrogens is 877 g/mol. The summed E-state index contributed by atoms with van der Waals surface area (Å²) in [6, 6.07) is 9.49. The van der Waals surface area contributed by atoms with Gasteiger partial charge in [0.1, 0.15) is 29.0 Å². The third kappa shape index (κ3) is 10.6. The fraction of sp³-hybridized carbons (Fsp3) is 0.510. The maximum atomic E-state index is 14.8. The Morgan fingerprint density at radius 2 is 1.57 bits per heavy atom. The first-order valence-electron chi connectivity index (χ1n) is 23.1. The van der Waals surface area contributed by atoms with Gasteiger partial charge in [-0.25, -0.2) is 4.79 Å². The van der Waals surface area contributed by atoms with E-state index in [9.17, 15) is 39.3 Å². The molecular formula is C51H66N4O13. The van der Waals surface area contributed by atoms with Crippen LogP contribution in [0.25, 0.3) is 0 Å². The number of nitrogens with one attached hydrogen (secondary N) is 1. The zero-order chi connectivity index (χ0) is 49.8. The first-order valence-corrected chi connectivity index (χ1v) is 23.1. The Hall–Kier alpha value is -5.85. The highest BCUT2D eigenvalue weighted by molar-refractivity contribution is 6.32. The van der Waals surface area contributed by atoms with E-state index < -0.39 is 94.5 Å². The van der Waals surface area contributed by atoms with Crippen LogP contribution >= 0.6 is 0 Å². The molecule has 4 aliphatic heterocycles. The van der Waals surface area contributed by atoms with E-state index in [4.69, 9.17) is 23.7 Å². The molecule has 2 aromatic carbocycles. The number of carbonyl (C=O) groups is 5. The Morgan fingerprint density at radius 3 is 2.22 bits per heavy atom. The molecule has 1 fully saturated rings. The van der Waals surface area contributed by atoms with Crippen molar-refractivity contribution in [1.29, 1.82) is 0 Å². The maximum absolute atomic E-state index is 14.8. The van der Waals surface area contributed by atoms with Crippen molar-refractivity contribution in [1.82, 2.24) is 20.0 Å². The number of methoxy groups -OCH3 is 1. The van der Waals surface area contributed by atoms with Crippen molar-refractivity contribution >= 4 is 29.4 Å². The molecule has 5 bridgehead atoms. The van der Waals surface area contributed by atoms with Crippen LogP contribution in [-0.2, 0) is 30.3 Å². The fourth-order valence-corrected chi connectivity index (χ4v) is 9.12. The van der Waals surface area contributed by atoms with E-state index in [1.54, 1.807) is 49.6 Å². The number of phenols is 1. The number of aliphatic hydroxyl groups is 2. The lowest BCUT2D eigenvalue weighted by molar-refractivity contribution is -0.116. The molecule has 17 nitrogen and oxygen atoms in total. The molecule has 0 unspecified atom stereocenters. The summed E-state index contributed by atoms with van der Waals surface area (Å²) >= 11 is 0. The van der Waals surface area contributed by atoms with Crippen LogP contribution in [0, 0.1) is 30.6 Å². The molecule has 0 radical (unpaired) electrons. The first-order chi connectivity index (χ1) is 32.2. The number of hydrogen-bond donors (Lipinski definition) is 4. The van der Waals surface area contributed by atoms with E-state index in [0.29, 0.717) is 13.1 Å². The topological polar surface area (TPSA) is 214 Å². The number of aromatic hydroxyl groups is 1. The Morgan fingerprint density at radius 1 is 0.897 bits per heavy atom. The quantitative estimate of drug-likeness (QED) is 0.276. The zero-order valence-corrected chi connectivity index (χ0v) is 40.6. The van der Waals surface area contributed by atoms with Crippen molar-refractivity contribution < 1.29 is 63.0 Å². The minimum atomic E-state index is -2.11. The fourth-order valence-electron chi connectivity index (χ4n) is 9.12. The molecule has 68 heavy (non-hydrogen) atoms. The maximum Gasteiger partial charge on any atom is 0.410 e. The molecule has 0 aromatic heterocycles. The van der Waals surface area contributed by atoms with Gasteiger partial charge in [0.25, 0.3) is 11.7 Å². The standard InChI is InChI=1S/C51H66N4O13/c1-28-15-14-16-29(2)49(62)52-39-40(54-22-25-65-26-23-54)45(60)36-37(44(39)59)43(58)33(6)47-38(36)48(61)51(7,68-47)66-24-19-35(64-10)30(3)46(32(5)42(57)31(4)41(28)56)67-50(63)55(21-20-53(8)9)27-34-17-12-11-13-18-34/h11-19,24,28,30-32,35,41-42,46,56-58H,20-23,25-27H2,1-10H3,(H,52,62)/b15-14+,24-19+,29-16-/t28-,30-,31-,32-,35+,41-,42-,46+,51+/m1/s1. The van der Waals surface area contributed by atoms with Gasteiger partial charge in [-0.3, -0.25) is 19.2 Å². The Balaban J connectivity index is 1.44. The van der Waals surface area contributed by atoms with Crippen molar-refractivity contribution in [3.63, 3.8) is 0 Å². The van der Waals surface area contributed by atoms with Gasteiger partial charge in [-0.2, -0.15) is 0 Å². The lowest BCUT2D eigenvalue weighted by Crippen LogP contribution is -2.48. The van der Waals surface area contributed by atoms with Gasteiger partial charge in [0.15, 0.2) is 0 Å². The number of amides is 2. The largest absolute Gasteiger partial charge is 0.507 e. The molecule has 7 rings (SSSR count). The number of nitrogens with zero attached hydrogens (tertiary/aromatic N) is 3. The van der Waals surface area contributed by atoms with E-state index in [1.165, 1.54) is 46.3 Å². The van der Waals surface area contributed by atoms with E-state index >= 15 is 0 Å². The predicted octanol–water partition coefficient (Wildman–Crippen LogP) is 4.93. The number of phenolic OH excluding ortho intramolecular Hbond substituents is 1. The number of rotatable bonds is 8. The van der Waals surface area contributed by atoms with Crippen LogP contribution in [-0.4, -0.2) is 150 Å². The van der Waals surface area contributed by atoms with Crippen LogP contribution in [0.4, 0.5) is 4.79 Å². The molecule has 17 heteroatoms. The van der Waals surface area contributed by atoms with Gasteiger partial charge in [0, 0.05) is 81.6 Å². The summed E-state index contributed by atoms with van der Waals surface area (Å²) in [4.78, 5) is 77.3. The number of ether oxygens (including phenoxy) is 5. The monoisotopic (exact) mass is 942 g/mol. The second-order valence-corrected chi connectivity index (χ2v) is 18.6. The van der Waals surface area contributed by atoms with E-state index in [-0.39, 0.29) is 72.3 Å². The van der Waals surface area contributed by atoms with Crippen LogP contribution in [0.15, 0.2) is 77.9 Å². The SMILES string of the molecule is CO[C@H]1/C=C/O[C@@]2(C)Oc3c(C)c(O)c4c(c3C2=O)C(=O)C(N2CCOCC2)=C(NC(=O)/C(C)=C\C=C\[C@@H](C)[C@@H](O)[C@@H](C)[C@@H](O)[C@@H](C)[C@@H](OC(=O)N(CCN(C)C)Cc2ccccc2)[C@@H]1C)C4=O. The van der Waals surface area contributed by atoms with Crippen molar-refractivity contribution in [2.45, 2.75) is 85.2 Å².